The van der Waals surface area contributed by atoms with E-state index in [9.17, 15) is 13.2 Å². The summed E-state index contributed by atoms with van der Waals surface area (Å²) in [5, 5.41) is 3.22. The van der Waals surface area contributed by atoms with Crippen LogP contribution in [-0.2, 0) is 16.6 Å². The van der Waals surface area contributed by atoms with Gasteiger partial charge in [0.15, 0.2) is 5.13 Å². The molecule has 0 saturated heterocycles. The molecule has 0 aliphatic heterocycles. The Morgan fingerprint density at radius 3 is 2.66 bits per heavy atom. The van der Waals surface area contributed by atoms with Gasteiger partial charge in [-0.25, -0.2) is 13.4 Å². The highest BCUT2D eigenvalue weighted by Crippen LogP contribution is 2.29. The molecule has 0 aliphatic rings. The molecule has 1 amide bonds. The van der Waals surface area contributed by atoms with Crippen molar-refractivity contribution >= 4 is 42.6 Å². The Balaban J connectivity index is 1.46. The monoisotopic (exact) mass is 471 g/mol. The fourth-order valence-corrected chi connectivity index (χ4v) is 5.08. The average molecular weight is 472 g/mol. The topological polar surface area (TPSA) is 102 Å². The first-order valence-corrected chi connectivity index (χ1v) is 12.1. The molecule has 4 aromatic rings. The second-order valence-electron chi connectivity index (χ2n) is 6.90. The van der Waals surface area contributed by atoms with Gasteiger partial charge in [-0.05, 0) is 61.5 Å². The lowest BCUT2D eigenvalue weighted by Gasteiger charge is -2.16. The standard InChI is InChI=1S/C22H21N3O5S2/c1-3-29-16-8-11-19-20(13-16)31-22(23-19)24-21(26)15-6-9-18(10-7-15)32(27,28)25(2)14-17-5-4-12-30-17/h4-13H,3,14H2,1-2H3,(H,23,24,26). The molecule has 0 spiro atoms. The Bertz CT molecular complexity index is 1330. The Morgan fingerprint density at radius 2 is 1.97 bits per heavy atom. The third-order valence-electron chi connectivity index (χ3n) is 4.67. The van der Waals surface area contributed by atoms with Crippen molar-refractivity contribution in [3.05, 3.63) is 72.2 Å². The molecule has 10 heteroatoms. The summed E-state index contributed by atoms with van der Waals surface area (Å²) in [6.45, 7) is 2.59. The Hall–Kier alpha value is -3.21. The number of anilines is 1. The van der Waals surface area contributed by atoms with Gasteiger partial charge in [0.05, 0.1) is 34.5 Å². The number of sulfonamides is 1. The lowest BCUT2D eigenvalue weighted by atomic mass is 10.2. The first kappa shape index (κ1) is 22.0. The average Bonchev–Trinajstić information content (AvgIpc) is 3.43. The van der Waals surface area contributed by atoms with Crippen LogP contribution in [0.3, 0.4) is 0 Å². The van der Waals surface area contributed by atoms with Gasteiger partial charge in [0, 0.05) is 12.6 Å². The quantitative estimate of drug-likeness (QED) is 0.410. The van der Waals surface area contributed by atoms with Gasteiger partial charge in [-0.15, -0.1) is 0 Å². The molecule has 0 fully saturated rings. The highest BCUT2D eigenvalue weighted by atomic mass is 32.2. The summed E-state index contributed by atoms with van der Waals surface area (Å²) < 4.78 is 38.3. The normalized spacial score (nSPS) is 11.7. The molecule has 2 heterocycles. The Morgan fingerprint density at radius 1 is 1.19 bits per heavy atom. The molecular weight excluding hydrogens is 450 g/mol. The maximum atomic E-state index is 12.8. The summed E-state index contributed by atoms with van der Waals surface area (Å²) in [6, 6.07) is 14.7. The van der Waals surface area contributed by atoms with Crippen LogP contribution >= 0.6 is 11.3 Å². The van der Waals surface area contributed by atoms with Gasteiger partial charge in [-0.1, -0.05) is 11.3 Å². The molecule has 0 bridgehead atoms. The van der Waals surface area contributed by atoms with Crippen molar-refractivity contribution in [3.63, 3.8) is 0 Å². The molecule has 0 radical (unpaired) electrons. The van der Waals surface area contributed by atoms with Crippen molar-refractivity contribution in [1.29, 1.82) is 0 Å². The van der Waals surface area contributed by atoms with Crippen molar-refractivity contribution in [2.75, 3.05) is 19.0 Å². The van der Waals surface area contributed by atoms with Crippen molar-refractivity contribution in [2.24, 2.45) is 0 Å². The number of fused-ring (bicyclic) bond motifs is 1. The minimum absolute atomic E-state index is 0.0894. The molecular formula is C22H21N3O5S2. The molecule has 166 valence electrons. The zero-order chi connectivity index (χ0) is 22.7. The van der Waals surface area contributed by atoms with E-state index in [2.05, 4.69) is 10.3 Å². The third-order valence-corrected chi connectivity index (χ3v) is 7.43. The van der Waals surface area contributed by atoms with Crippen molar-refractivity contribution < 1.29 is 22.4 Å². The summed E-state index contributed by atoms with van der Waals surface area (Å²) in [4.78, 5) is 17.1. The SMILES string of the molecule is CCOc1ccc2nc(NC(=O)c3ccc(S(=O)(=O)N(C)Cc4ccco4)cc3)sc2c1. The first-order valence-electron chi connectivity index (χ1n) is 9.80. The summed E-state index contributed by atoms with van der Waals surface area (Å²) in [7, 11) is -2.25. The minimum Gasteiger partial charge on any atom is -0.494 e. The van der Waals surface area contributed by atoms with Crippen LogP contribution in [0, 0.1) is 0 Å². The van der Waals surface area contributed by atoms with E-state index in [1.165, 1.54) is 53.2 Å². The number of rotatable bonds is 8. The molecule has 0 aliphatic carbocycles. The molecule has 8 nitrogen and oxygen atoms in total. The number of amides is 1. The summed E-state index contributed by atoms with van der Waals surface area (Å²) >= 11 is 1.34. The predicted octanol–water partition coefficient (Wildman–Crippen LogP) is 4.36. The van der Waals surface area contributed by atoms with Crippen molar-refractivity contribution in [3.8, 4) is 5.75 Å². The second kappa shape index (κ2) is 9.11. The number of ether oxygens (including phenoxy) is 1. The fraction of sp³-hybridized carbons (Fsp3) is 0.182. The lowest BCUT2D eigenvalue weighted by Crippen LogP contribution is -2.26. The number of hydrogen-bond acceptors (Lipinski definition) is 7. The van der Waals surface area contributed by atoms with E-state index in [1.807, 2.05) is 25.1 Å². The van der Waals surface area contributed by atoms with Gasteiger partial charge in [-0.3, -0.25) is 10.1 Å². The number of nitrogens with one attached hydrogen (secondary N) is 1. The number of carbonyl (C=O) groups is 1. The maximum absolute atomic E-state index is 12.8. The number of furan rings is 1. The number of nitrogens with zero attached hydrogens (tertiary/aromatic N) is 2. The molecule has 2 aromatic heterocycles. The second-order valence-corrected chi connectivity index (χ2v) is 9.98. The highest BCUT2D eigenvalue weighted by Gasteiger charge is 2.22. The number of carbonyl (C=O) groups excluding carboxylic acids is 1. The third kappa shape index (κ3) is 4.67. The smallest absolute Gasteiger partial charge is 0.257 e. The van der Waals surface area contributed by atoms with Gasteiger partial charge in [-0.2, -0.15) is 4.31 Å². The molecule has 32 heavy (non-hydrogen) atoms. The lowest BCUT2D eigenvalue weighted by molar-refractivity contribution is 0.102. The largest absolute Gasteiger partial charge is 0.494 e. The van der Waals surface area contributed by atoms with E-state index in [-0.39, 0.29) is 17.3 Å². The molecule has 4 rings (SSSR count). The molecule has 0 atom stereocenters. The maximum Gasteiger partial charge on any atom is 0.257 e. The number of thiazole rings is 1. The van der Waals surface area contributed by atoms with Crippen LogP contribution in [0.1, 0.15) is 23.0 Å². The molecule has 0 saturated carbocycles. The Kier molecular flexibility index (Phi) is 6.26. The van der Waals surface area contributed by atoms with Crippen LogP contribution in [0.2, 0.25) is 0 Å². The van der Waals surface area contributed by atoms with Gasteiger partial charge in [0.1, 0.15) is 11.5 Å². The summed E-state index contributed by atoms with van der Waals surface area (Å²) in [6.07, 6.45) is 1.49. The van der Waals surface area contributed by atoms with Crippen LogP contribution in [0.15, 0.2) is 70.2 Å². The van der Waals surface area contributed by atoms with E-state index in [0.29, 0.717) is 23.1 Å². The van der Waals surface area contributed by atoms with Crippen molar-refractivity contribution in [1.82, 2.24) is 9.29 Å². The van der Waals surface area contributed by atoms with E-state index in [4.69, 9.17) is 9.15 Å². The van der Waals surface area contributed by atoms with Crippen molar-refractivity contribution in [2.45, 2.75) is 18.4 Å². The molecule has 2 aromatic carbocycles. The van der Waals surface area contributed by atoms with Gasteiger partial charge in [0.2, 0.25) is 10.0 Å². The minimum atomic E-state index is -3.72. The summed E-state index contributed by atoms with van der Waals surface area (Å²) in [5.41, 5.74) is 1.08. The highest BCUT2D eigenvalue weighted by molar-refractivity contribution is 7.89. The van der Waals surface area contributed by atoms with Gasteiger partial charge < -0.3 is 9.15 Å². The number of hydrogen-bond donors (Lipinski definition) is 1. The number of benzene rings is 2. The molecule has 1 N–H and O–H groups in total. The summed E-state index contributed by atoms with van der Waals surface area (Å²) in [5.74, 6) is 0.911. The predicted molar refractivity (Wildman–Crippen MR) is 123 cm³/mol. The zero-order valence-corrected chi connectivity index (χ0v) is 19.1. The first-order chi connectivity index (χ1) is 15.4. The van der Waals surface area contributed by atoms with Crippen LogP contribution < -0.4 is 10.1 Å². The zero-order valence-electron chi connectivity index (χ0n) is 17.4. The van der Waals surface area contributed by atoms with E-state index >= 15 is 0 Å². The van der Waals surface area contributed by atoms with Crippen LogP contribution in [0.4, 0.5) is 5.13 Å². The molecule has 0 unspecified atom stereocenters. The van der Waals surface area contributed by atoms with Crippen LogP contribution in [-0.4, -0.2) is 37.3 Å². The van der Waals surface area contributed by atoms with Gasteiger partial charge in [0.25, 0.3) is 5.91 Å². The van der Waals surface area contributed by atoms with Crippen LogP contribution in [0.25, 0.3) is 10.2 Å². The van der Waals surface area contributed by atoms with E-state index in [0.717, 1.165) is 16.0 Å². The Labute approximate surface area is 189 Å². The van der Waals surface area contributed by atoms with Gasteiger partial charge >= 0.3 is 0 Å². The van der Waals surface area contributed by atoms with Crippen LogP contribution in [0.5, 0.6) is 5.75 Å². The number of aromatic nitrogens is 1. The van der Waals surface area contributed by atoms with E-state index in [1.54, 1.807) is 12.1 Å². The van der Waals surface area contributed by atoms with E-state index < -0.39 is 10.0 Å². The fourth-order valence-electron chi connectivity index (χ4n) is 3.05.